The highest BCUT2D eigenvalue weighted by Crippen LogP contribution is 2.27. The van der Waals surface area contributed by atoms with Gasteiger partial charge in [0.05, 0.1) is 10.7 Å². The van der Waals surface area contributed by atoms with Crippen molar-refractivity contribution in [1.29, 1.82) is 0 Å². The van der Waals surface area contributed by atoms with E-state index in [-0.39, 0.29) is 0 Å². The number of carbonyl (C=O) groups is 1. The molecule has 0 spiro atoms. The molecule has 5 heteroatoms. The van der Waals surface area contributed by atoms with E-state index in [4.69, 9.17) is 28.3 Å². The van der Waals surface area contributed by atoms with Gasteiger partial charge in [-0.25, -0.2) is 4.79 Å². The van der Waals surface area contributed by atoms with Gasteiger partial charge in [0.2, 0.25) is 0 Å². The predicted octanol–water partition coefficient (Wildman–Crippen LogP) is 3.07. The number of likely N-dealkylation sites (N-methyl/N-ethyl adjacent to an activating group) is 1. The molecule has 0 saturated carbocycles. The second-order valence-electron chi connectivity index (χ2n) is 3.22. The molecular formula is C11H11Cl2NO2. The molecule has 1 aromatic rings. The number of carboxylic acids is 1. The van der Waals surface area contributed by atoms with E-state index in [0.29, 0.717) is 16.6 Å². The minimum atomic E-state index is -0.962. The van der Waals surface area contributed by atoms with E-state index in [0.717, 1.165) is 11.8 Å². The first-order valence-corrected chi connectivity index (χ1v) is 5.32. The molecule has 1 rings (SSSR count). The van der Waals surface area contributed by atoms with Crippen molar-refractivity contribution in [2.24, 2.45) is 0 Å². The second-order valence-corrected chi connectivity index (χ2v) is 4.06. The van der Waals surface area contributed by atoms with E-state index in [1.54, 1.807) is 24.3 Å². The van der Waals surface area contributed by atoms with Crippen LogP contribution in [0.4, 0.5) is 5.69 Å². The summed E-state index contributed by atoms with van der Waals surface area (Å²) in [4.78, 5) is 12.1. The topological polar surface area (TPSA) is 40.5 Å². The van der Waals surface area contributed by atoms with Crippen molar-refractivity contribution in [3.8, 4) is 0 Å². The Balaban J connectivity index is 2.73. The van der Waals surface area contributed by atoms with Crippen molar-refractivity contribution >= 4 is 34.9 Å². The quantitative estimate of drug-likeness (QED) is 0.846. The third-order valence-corrected chi connectivity index (χ3v) is 2.50. The SMILES string of the molecule is CN(C/C=C/C(=O)O)c1ccc(Cl)cc1Cl. The molecule has 0 amide bonds. The summed E-state index contributed by atoms with van der Waals surface area (Å²) >= 11 is 11.8. The lowest BCUT2D eigenvalue weighted by Crippen LogP contribution is -2.17. The third kappa shape index (κ3) is 3.76. The molecule has 0 aliphatic heterocycles. The third-order valence-electron chi connectivity index (χ3n) is 1.96. The van der Waals surface area contributed by atoms with Gasteiger partial charge >= 0.3 is 5.97 Å². The molecular weight excluding hydrogens is 249 g/mol. The number of halogens is 2. The lowest BCUT2D eigenvalue weighted by molar-refractivity contribution is -0.131. The Morgan fingerprint density at radius 2 is 2.19 bits per heavy atom. The number of hydrogen-bond acceptors (Lipinski definition) is 2. The van der Waals surface area contributed by atoms with E-state index in [2.05, 4.69) is 0 Å². The molecule has 16 heavy (non-hydrogen) atoms. The summed E-state index contributed by atoms with van der Waals surface area (Å²) < 4.78 is 0. The van der Waals surface area contributed by atoms with Crippen LogP contribution in [0, 0.1) is 0 Å². The molecule has 1 N–H and O–H groups in total. The minimum absolute atomic E-state index is 0.466. The van der Waals surface area contributed by atoms with Crippen molar-refractivity contribution in [2.45, 2.75) is 0 Å². The van der Waals surface area contributed by atoms with Gasteiger partial charge in [-0.05, 0) is 18.2 Å². The maximum absolute atomic E-state index is 10.3. The summed E-state index contributed by atoms with van der Waals surface area (Å²) in [5.74, 6) is -0.962. The van der Waals surface area contributed by atoms with E-state index in [1.807, 2.05) is 11.9 Å². The van der Waals surface area contributed by atoms with Crippen LogP contribution in [-0.4, -0.2) is 24.7 Å². The highest BCUT2D eigenvalue weighted by molar-refractivity contribution is 6.36. The maximum atomic E-state index is 10.3. The van der Waals surface area contributed by atoms with Gasteiger partial charge in [-0.2, -0.15) is 0 Å². The fraction of sp³-hybridized carbons (Fsp3) is 0.182. The van der Waals surface area contributed by atoms with Crippen molar-refractivity contribution in [2.75, 3.05) is 18.5 Å². The largest absolute Gasteiger partial charge is 0.478 e. The number of benzene rings is 1. The van der Waals surface area contributed by atoms with E-state index >= 15 is 0 Å². The van der Waals surface area contributed by atoms with Crippen LogP contribution < -0.4 is 4.90 Å². The fourth-order valence-corrected chi connectivity index (χ4v) is 1.75. The van der Waals surface area contributed by atoms with Gasteiger partial charge in [-0.15, -0.1) is 0 Å². The molecule has 0 saturated heterocycles. The van der Waals surface area contributed by atoms with E-state index < -0.39 is 5.97 Å². The Bertz CT molecular complexity index is 418. The molecule has 86 valence electrons. The van der Waals surface area contributed by atoms with Gasteiger partial charge in [0.25, 0.3) is 0 Å². The van der Waals surface area contributed by atoms with Gasteiger partial charge in [0, 0.05) is 24.7 Å². The zero-order chi connectivity index (χ0) is 12.1. The zero-order valence-electron chi connectivity index (χ0n) is 8.65. The Morgan fingerprint density at radius 3 is 2.75 bits per heavy atom. The van der Waals surface area contributed by atoms with Crippen molar-refractivity contribution in [3.63, 3.8) is 0 Å². The van der Waals surface area contributed by atoms with Crippen LogP contribution in [0.2, 0.25) is 10.0 Å². The van der Waals surface area contributed by atoms with Crippen LogP contribution in [0.3, 0.4) is 0 Å². The normalized spacial score (nSPS) is 10.7. The van der Waals surface area contributed by atoms with Crippen LogP contribution in [0.1, 0.15) is 0 Å². The predicted molar refractivity (Wildman–Crippen MR) is 66.5 cm³/mol. The average molecular weight is 260 g/mol. The first-order chi connectivity index (χ1) is 7.50. The summed E-state index contributed by atoms with van der Waals surface area (Å²) in [5, 5.41) is 9.55. The lowest BCUT2D eigenvalue weighted by atomic mass is 10.3. The first kappa shape index (κ1) is 12.9. The average Bonchev–Trinajstić information content (AvgIpc) is 2.16. The van der Waals surface area contributed by atoms with Crippen LogP contribution in [0.15, 0.2) is 30.4 Å². The molecule has 0 aromatic heterocycles. The molecule has 0 aliphatic rings. The maximum Gasteiger partial charge on any atom is 0.328 e. The number of hydrogen-bond donors (Lipinski definition) is 1. The second kappa shape index (κ2) is 5.77. The zero-order valence-corrected chi connectivity index (χ0v) is 10.2. The van der Waals surface area contributed by atoms with Gasteiger partial charge in [0.1, 0.15) is 0 Å². The van der Waals surface area contributed by atoms with Crippen molar-refractivity contribution in [1.82, 2.24) is 0 Å². The van der Waals surface area contributed by atoms with Gasteiger partial charge < -0.3 is 10.0 Å². The Labute approximate surface area is 104 Å². The van der Waals surface area contributed by atoms with E-state index in [9.17, 15) is 4.79 Å². The standard InChI is InChI=1S/C11H11Cl2NO2/c1-14(6-2-3-11(15)16)10-5-4-8(12)7-9(10)13/h2-5,7H,6H2,1H3,(H,15,16)/b3-2+. The molecule has 0 aliphatic carbocycles. The lowest BCUT2D eigenvalue weighted by Gasteiger charge is -2.18. The minimum Gasteiger partial charge on any atom is -0.478 e. The van der Waals surface area contributed by atoms with Crippen LogP contribution in [0.25, 0.3) is 0 Å². The number of anilines is 1. The van der Waals surface area contributed by atoms with Gasteiger partial charge in [-0.3, -0.25) is 0 Å². The molecule has 3 nitrogen and oxygen atoms in total. The van der Waals surface area contributed by atoms with Gasteiger partial charge in [0.15, 0.2) is 0 Å². The number of carboxylic acid groups (broad SMARTS) is 1. The smallest absolute Gasteiger partial charge is 0.328 e. The van der Waals surface area contributed by atoms with E-state index in [1.165, 1.54) is 0 Å². The Hall–Kier alpha value is -1.19. The molecule has 0 bridgehead atoms. The van der Waals surface area contributed by atoms with Gasteiger partial charge in [-0.1, -0.05) is 29.3 Å². The summed E-state index contributed by atoms with van der Waals surface area (Å²) in [6.07, 6.45) is 2.65. The van der Waals surface area contributed by atoms with Crippen LogP contribution >= 0.6 is 23.2 Å². The molecule has 0 radical (unpaired) electrons. The first-order valence-electron chi connectivity index (χ1n) is 4.56. The summed E-state index contributed by atoms with van der Waals surface area (Å²) in [6, 6.07) is 5.18. The molecule has 0 heterocycles. The fourth-order valence-electron chi connectivity index (χ4n) is 1.20. The summed E-state index contributed by atoms with van der Waals surface area (Å²) in [7, 11) is 1.82. The highest BCUT2D eigenvalue weighted by Gasteiger charge is 2.04. The molecule has 1 aromatic carbocycles. The monoisotopic (exact) mass is 259 g/mol. The molecule has 0 unspecified atom stereocenters. The van der Waals surface area contributed by atoms with Crippen molar-refractivity contribution < 1.29 is 9.90 Å². The Kier molecular flexibility index (Phi) is 4.65. The summed E-state index contributed by atoms with van der Waals surface area (Å²) in [5.41, 5.74) is 0.807. The molecule has 0 atom stereocenters. The summed E-state index contributed by atoms with van der Waals surface area (Å²) in [6.45, 7) is 0.466. The highest BCUT2D eigenvalue weighted by atomic mass is 35.5. The van der Waals surface area contributed by atoms with Crippen molar-refractivity contribution in [3.05, 3.63) is 40.4 Å². The molecule has 0 fully saturated rings. The number of rotatable bonds is 4. The number of aliphatic carboxylic acids is 1. The van der Waals surface area contributed by atoms with Crippen LogP contribution in [0.5, 0.6) is 0 Å². The van der Waals surface area contributed by atoms with Crippen LogP contribution in [-0.2, 0) is 4.79 Å². The Morgan fingerprint density at radius 1 is 1.50 bits per heavy atom. The number of nitrogens with zero attached hydrogens (tertiary/aromatic N) is 1.